The second-order valence-corrected chi connectivity index (χ2v) is 7.99. The van der Waals surface area contributed by atoms with Gasteiger partial charge in [-0.2, -0.15) is 0 Å². The summed E-state index contributed by atoms with van der Waals surface area (Å²) in [6.07, 6.45) is 7.43. The molecule has 1 aromatic heterocycles. The van der Waals surface area contributed by atoms with Crippen LogP contribution in [0, 0.1) is 5.92 Å². The summed E-state index contributed by atoms with van der Waals surface area (Å²) in [7, 11) is 0. The number of rotatable bonds is 10. The molecule has 0 bridgehead atoms. The van der Waals surface area contributed by atoms with Gasteiger partial charge in [0.25, 0.3) is 0 Å². The molecule has 0 spiro atoms. The Morgan fingerprint density at radius 3 is 2.75 bits per heavy atom. The van der Waals surface area contributed by atoms with Gasteiger partial charge in [-0.05, 0) is 62.7 Å². The third-order valence-electron chi connectivity index (χ3n) is 4.98. The number of thiophene rings is 1. The third-order valence-corrected chi connectivity index (χ3v) is 5.95. The summed E-state index contributed by atoms with van der Waals surface area (Å²) in [4.78, 5) is 16.1. The molecule has 2 heterocycles. The minimum absolute atomic E-state index is 0.190. The molecule has 1 unspecified atom stereocenters. The molecular formula is C19H33N3OS. The monoisotopic (exact) mass is 351 g/mol. The quantitative estimate of drug-likeness (QED) is 0.634. The van der Waals surface area contributed by atoms with Crippen molar-refractivity contribution >= 4 is 17.2 Å². The van der Waals surface area contributed by atoms with Crippen molar-refractivity contribution < 1.29 is 4.79 Å². The SMILES string of the molecule is CC1CCN(C(CNC(=O)CCCCCCN)c2cccs2)CC1. The Bertz CT molecular complexity index is 455. The smallest absolute Gasteiger partial charge is 0.220 e. The summed E-state index contributed by atoms with van der Waals surface area (Å²) in [5.41, 5.74) is 5.49. The first kappa shape index (κ1) is 19.4. The van der Waals surface area contributed by atoms with Gasteiger partial charge >= 0.3 is 0 Å². The molecule has 1 saturated heterocycles. The summed E-state index contributed by atoms with van der Waals surface area (Å²) < 4.78 is 0. The lowest BCUT2D eigenvalue weighted by molar-refractivity contribution is -0.121. The lowest BCUT2D eigenvalue weighted by Gasteiger charge is -2.36. The maximum atomic E-state index is 12.1. The fraction of sp³-hybridized carbons (Fsp3) is 0.737. The highest BCUT2D eigenvalue weighted by Gasteiger charge is 2.25. The largest absolute Gasteiger partial charge is 0.354 e. The van der Waals surface area contributed by atoms with Crippen molar-refractivity contribution in [1.29, 1.82) is 0 Å². The molecule has 1 aliphatic heterocycles. The Hall–Kier alpha value is -0.910. The third kappa shape index (κ3) is 6.54. The average molecular weight is 352 g/mol. The predicted molar refractivity (Wildman–Crippen MR) is 102 cm³/mol. The van der Waals surface area contributed by atoms with Gasteiger partial charge in [-0.15, -0.1) is 11.3 Å². The highest BCUT2D eigenvalue weighted by Crippen LogP contribution is 2.29. The van der Waals surface area contributed by atoms with Crippen molar-refractivity contribution in [2.24, 2.45) is 11.7 Å². The number of carbonyl (C=O) groups is 1. The van der Waals surface area contributed by atoms with E-state index in [1.807, 2.05) is 0 Å². The van der Waals surface area contributed by atoms with Crippen LogP contribution in [0.2, 0.25) is 0 Å². The normalized spacial score (nSPS) is 17.8. The fourth-order valence-corrected chi connectivity index (χ4v) is 4.17. The van der Waals surface area contributed by atoms with Crippen LogP contribution in [-0.4, -0.2) is 37.0 Å². The molecule has 5 heteroatoms. The Morgan fingerprint density at radius 1 is 1.33 bits per heavy atom. The van der Waals surface area contributed by atoms with Crippen LogP contribution in [0.1, 0.15) is 62.8 Å². The summed E-state index contributed by atoms with van der Waals surface area (Å²) in [6.45, 7) is 6.10. The number of hydrogen-bond donors (Lipinski definition) is 2. The number of piperidine rings is 1. The van der Waals surface area contributed by atoms with Crippen LogP contribution in [0.3, 0.4) is 0 Å². The first-order chi connectivity index (χ1) is 11.7. The second-order valence-electron chi connectivity index (χ2n) is 7.01. The average Bonchev–Trinajstić information content (AvgIpc) is 3.11. The number of amides is 1. The van der Waals surface area contributed by atoms with Gasteiger partial charge in [0, 0.05) is 17.8 Å². The van der Waals surface area contributed by atoms with Gasteiger partial charge in [-0.25, -0.2) is 0 Å². The van der Waals surface area contributed by atoms with Crippen LogP contribution in [0.15, 0.2) is 17.5 Å². The summed E-state index contributed by atoms with van der Waals surface area (Å²) in [5, 5.41) is 5.30. The van der Waals surface area contributed by atoms with Gasteiger partial charge in [0.05, 0.1) is 6.04 Å². The van der Waals surface area contributed by atoms with Crippen LogP contribution in [0.4, 0.5) is 0 Å². The van der Waals surface area contributed by atoms with Crippen molar-refractivity contribution in [2.75, 3.05) is 26.2 Å². The maximum Gasteiger partial charge on any atom is 0.220 e. The molecule has 1 amide bonds. The van der Waals surface area contributed by atoms with E-state index in [0.29, 0.717) is 12.5 Å². The van der Waals surface area contributed by atoms with Crippen molar-refractivity contribution in [3.63, 3.8) is 0 Å². The Morgan fingerprint density at radius 2 is 2.08 bits per heavy atom. The topological polar surface area (TPSA) is 58.4 Å². The van der Waals surface area contributed by atoms with Gasteiger partial charge in [0.15, 0.2) is 0 Å². The van der Waals surface area contributed by atoms with E-state index in [9.17, 15) is 4.79 Å². The lowest BCUT2D eigenvalue weighted by atomic mass is 9.97. The van der Waals surface area contributed by atoms with E-state index in [-0.39, 0.29) is 5.91 Å². The van der Waals surface area contributed by atoms with E-state index in [2.05, 4.69) is 34.7 Å². The van der Waals surface area contributed by atoms with E-state index in [4.69, 9.17) is 5.73 Å². The molecule has 0 saturated carbocycles. The number of nitrogens with zero attached hydrogens (tertiary/aromatic N) is 1. The summed E-state index contributed by atoms with van der Waals surface area (Å²) >= 11 is 1.80. The molecule has 1 atom stereocenters. The van der Waals surface area contributed by atoms with E-state index in [0.717, 1.165) is 57.8 Å². The van der Waals surface area contributed by atoms with E-state index >= 15 is 0 Å². The van der Waals surface area contributed by atoms with Crippen LogP contribution in [0.5, 0.6) is 0 Å². The zero-order valence-electron chi connectivity index (χ0n) is 15.0. The standard InChI is InChI=1S/C19H33N3OS/c1-16-9-12-22(13-10-16)17(18-7-6-14-24-18)15-21-19(23)8-4-2-3-5-11-20/h6-7,14,16-17H,2-5,8-13,15,20H2,1H3,(H,21,23). The summed E-state index contributed by atoms with van der Waals surface area (Å²) in [5.74, 6) is 1.02. The van der Waals surface area contributed by atoms with Crippen molar-refractivity contribution in [3.8, 4) is 0 Å². The molecule has 2 rings (SSSR count). The van der Waals surface area contributed by atoms with Gasteiger partial charge in [0.1, 0.15) is 0 Å². The number of likely N-dealkylation sites (tertiary alicyclic amines) is 1. The zero-order valence-corrected chi connectivity index (χ0v) is 15.8. The molecule has 1 fully saturated rings. The van der Waals surface area contributed by atoms with Crippen LogP contribution in [0.25, 0.3) is 0 Å². The molecule has 0 aromatic carbocycles. The number of nitrogens with two attached hydrogens (primary N) is 1. The highest BCUT2D eigenvalue weighted by molar-refractivity contribution is 7.10. The number of unbranched alkanes of at least 4 members (excludes halogenated alkanes) is 3. The minimum atomic E-state index is 0.190. The van der Waals surface area contributed by atoms with Crippen LogP contribution >= 0.6 is 11.3 Å². The van der Waals surface area contributed by atoms with Crippen molar-refractivity contribution in [1.82, 2.24) is 10.2 Å². The second kappa shape index (κ2) is 10.9. The van der Waals surface area contributed by atoms with Gasteiger partial charge in [0.2, 0.25) is 5.91 Å². The number of hydrogen-bond acceptors (Lipinski definition) is 4. The Balaban J connectivity index is 1.77. The van der Waals surface area contributed by atoms with E-state index in [1.165, 1.54) is 17.7 Å². The van der Waals surface area contributed by atoms with Crippen LogP contribution < -0.4 is 11.1 Å². The van der Waals surface area contributed by atoms with E-state index < -0.39 is 0 Å². The highest BCUT2D eigenvalue weighted by atomic mass is 32.1. The zero-order chi connectivity index (χ0) is 17.2. The first-order valence-corrected chi connectivity index (χ1v) is 10.3. The molecule has 1 aromatic rings. The maximum absolute atomic E-state index is 12.1. The summed E-state index contributed by atoms with van der Waals surface area (Å²) in [6, 6.07) is 4.64. The minimum Gasteiger partial charge on any atom is -0.354 e. The molecule has 24 heavy (non-hydrogen) atoms. The molecule has 1 aliphatic rings. The van der Waals surface area contributed by atoms with Gasteiger partial charge < -0.3 is 11.1 Å². The number of carbonyl (C=O) groups excluding carboxylic acids is 1. The predicted octanol–water partition coefficient (Wildman–Crippen LogP) is 3.55. The Labute approximate surface area is 150 Å². The van der Waals surface area contributed by atoms with Gasteiger partial charge in [-0.3, -0.25) is 9.69 Å². The Kier molecular flexibility index (Phi) is 8.78. The lowest BCUT2D eigenvalue weighted by Crippen LogP contribution is -2.41. The van der Waals surface area contributed by atoms with Gasteiger partial charge in [-0.1, -0.05) is 25.8 Å². The first-order valence-electron chi connectivity index (χ1n) is 9.45. The molecule has 4 nitrogen and oxygen atoms in total. The van der Waals surface area contributed by atoms with Crippen molar-refractivity contribution in [3.05, 3.63) is 22.4 Å². The molecule has 0 radical (unpaired) electrons. The molecular weight excluding hydrogens is 318 g/mol. The number of nitrogens with one attached hydrogen (secondary N) is 1. The fourth-order valence-electron chi connectivity index (χ4n) is 3.31. The van der Waals surface area contributed by atoms with Crippen molar-refractivity contribution in [2.45, 2.75) is 57.9 Å². The van der Waals surface area contributed by atoms with Crippen LogP contribution in [-0.2, 0) is 4.79 Å². The molecule has 3 N–H and O–H groups in total. The molecule has 0 aliphatic carbocycles. The van der Waals surface area contributed by atoms with E-state index in [1.54, 1.807) is 11.3 Å². The molecule has 136 valence electrons.